The van der Waals surface area contributed by atoms with Gasteiger partial charge in [0.15, 0.2) is 0 Å². The van der Waals surface area contributed by atoms with Crippen LogP contribution in [0.4, 0.5) is 0 Å². The molecule has 0 aromatic heterocycles. The summed E-state index contributed by atoms with van der Waals surface area (Å²) in [5.74, 6) is -0.879. The maximum absolute atomic E-state index is 10.5. The lowest BCUT2D eigenvalue weighted by molar-refractivity contribution is -0.132. The van der Waals surface area contributed by atoms with Crippen molar-refractivity contribution in [3.63, 3.8) is 0 Å². The lowest BCUT2D eigenvalue weighted by Gasteiger charge is -2.17. The number of carbonyl (C=O) groups is 1. The first kappa shape index (κ1) is 11.2. The van der Waals surface area contributed by atoms with E-state index >= 15 is 0 Å². The van der Waals surface area contributed by atoms with E-state index in [1.54, 1.807) is 19.9 Å². The summed E-state index contributed by atoms with van der Waals surface area (Å²) in [6.07, 6.45) is 2.44. The first-order valence-corrected chi connectivity index (χ1v) is 4.75. The molecule has 0 aromatic rings. The van der Waals surface area contributed by atoms with Crippen LogP contribution in [0.15, 0.2) is 11.6 Å². The van der Waals surface area contributed by atoms with E-state index in [0.29, 0.717) is 18.7 Å². The predicted octanol–water partition coefficient (Wildman–Crippen LogP) is 0.474. The summed E-state index contributed by atoms with van der Waals surface area (Å²) in [5, 5.41) is 18.3. The fourth-order valence-corrected chi connectivity index (χ4v) is 1.55. The van der Waals surface area contributed by atoms with Gasteiger partial charge in [0.1, 0.15) is 0 Å². The molecule has 0 radical (unpaired) electrons. The van der Waals surface area contributed by atoms with E-state index in [4.69, 9.17) is 5.11 Å². The minimum absolute atomic E-state index is 0.358. The van der Waals surface area contributed by atoms with Crippen molar-refractivity contribution < 1.29 is 15.0 Å². The van der Waals surface area contributed by atoms with Crippen LogP contribution < -0.4 is 0 Å². The molecule has 1 aliphatic heterocycles. The van der Waals surface area contributed by atoms with Crippen LogP contribution >= 0.6 is 0 Å². The van der Waals surface area contributed by atoms with E-state index in [0.717, 1.165) is 13.0 Å². The summed E-state index contributed by atoms with van der Waals surface area (Å²) in [7, 11) is 0. The number of likely N-dealkylation sites (tertiary alicyclic amines) is 1. The van der Waals surface area contributed by atoms with Crippen molar-refractivity contribution in [1.29, 1.82) is 0 Å². The fourth-order valence-electron chi connectivity index (χ4n) is 1.55. The van der Waals surface area contributed by atoms with Gasteiger partial charge in [-0.1, -0.05) is 6.08 Å². The van der Waals surface area contributed by atoms with Crippen molar-refractivity contribution in [1.82, 2.24) is 4.90 Å². The second-order valence-electron chi connectivity index (χ2n) is 4.17. The number of aliphatic hydroxyl groups is 1. The molecule has 0 aliphatic carbocycles. The first-order chi connectivity index (χ1) is 6.41. The van der Waals surface area contributed by atoms with Gasteiger partial charge in [0.05, 0.1) is 5.60 Å². The topological polar surface area (TPSA) is 60.8 Å². The van der Waals surface area contributed by atoms with E-state index in [9.17, 15) is 9.90 Å². The molecule has 1 atom stereocenters. The Labute approximate surface area is 83.8 Å². The average Bonchev–Trinajstić information content (AvgIpc) is 2.41. The van der Waals surface area contributed by atoms with Crippen LogP contribution in [0.25, 0.3) is 0 Å². The summed E-state index contributed by atoms with van der Waals surface area (Å²) in [6.45, 7) is 5.44. The molecule has 1 unspecified atom stereocenters. The number of hydrogen-bond acceptors (Lipinski definition) is 3. The van der Waals surface area contributed by atoms with Gasteiger partial charge >= 0.3 is 5.97 Å². The fraction of sp³-hybridized carbons (Fsp3) is 0.700. The number of hydrogen-bond donors (Lipinski definition) is 2. The monoisotopic (exact) mass is 199 g/mol. The predicted molar refractivity (Wildman–Crippen MR) is 53.1 cm³/mol. The Balaban J connectivity index is 2.41. The first-order valence-electron chi connectivity index (χ1n) is 4.75. The van der Waals surface area contributed by atoms with Gasteiger partial charge in [0.2, 0.25) is 0 Å². The lowest BCUT2D eigenvalue weighted by Crippen LogP contribution is -2.29. The third kappa shape index (κ3) is 3.12. The average molecular weight is 199 g/mol. The molecular weight excluding hydrogens is 182 g/mol. The van der Waals surface area contributed by atoms with E-state index in [2.05, 4.69) is 0 Å². The highest BCUT2D eigenvalue weighted by Crippen LogP contribution is 2.19. The van der Waals surface area contributed by atoms with Crippen molar-refractivity contribution in [2.45, 2.75) is 25.9 Å². The van der Waals surface area contributed by atoms with Gasteiger partial charge < -0.3 is 10.2 Å². The van der Waals surface area contributed by atoms with E-state index < -0.39 is 11.6 Å². The van der Waals surface area contributed by atoms with Crippen molar-refractivity contribution in [3.05, 3.63) is 11.6 Å². The normalized spacial score (nSPS) is 29.5. The number of aliphatic carboxylic acids is 1. The molecule has 0 spiro atoms. The summed E-state index contributed by atoms with van der Waals surface area (Å²) in [6, 6.07) is 0. The molecule has 1 rings (SSSR count). The van der Waals surface area contributed by atoms with Crippen LogP contribution in [0, 0.1) is 0 Å². The molecule has 80 valence electrons. The van der Waals surface area contributed by atoms with Crippen molar-refractivity contribution in [3.8, 4) is 0 Å². The molecule has 4 nitrogen and oxygen atoms in total. The van der Waals surface area contributed by atoms with Crippen molar-refractivity contribution in [2.75, 3.05) is 19.6 Å². The van der Waals surface area contributed by atoms with Gasteiger partial charge in [-0.15, -0.1) is 0 Å². The Kier molecular flexibility index (Phi) is 3.29. The number of carboxylic acids is 1. The second-order valence-corrected chi connectivity index (χ2v) is 4.17. The molecule has 0 amide bonds. The Morgan fingerprint density at radius 3 is 2.71 bits per heavy atom. The summed E-state index contributed by atoms with van der Waals surface area (Å²) in [5.41, 5.74) is -0.248. The van der Waals surface area contributed by atoms with Gasteiger partial charge in [-0.3, -0.25) is 4.90 Å². The maximum Gasteiger partial charge on any atom is 0.330 e. The zero-order chi connectivity index (χ0) is 10.8. The van der Waals surface area contributed by atoms with Crippen molar-refractivity contribution in [2.24, 2.45) is 0 Å². The highest BCUT2D eigenvalue weighted by atomic mass is 16.4. The molecule has 0 aromatic carbocycles. The van der Waals surface area contributed by atoms with Crippen LogP contribution in [0.3, 0.4) is 0 Å². The van der Waals surface area contributed by atoms with Crippen LogP contribution in [-0.2, 0) is 4.79 Å². The molecule has 2 N–H and O–H groups in total. The summed E-state index contributed by atoms with van der Waals surface area (Å²) in [4.78, 5) is 12.5. The number of rotatable bonds is 3. The van der Waals surface area contributed by atoms with E-state index in [-0.39, 0.29) is 0 Å². The largest absolute Gasteiger partial charge is 0.478 e. The molecule has 1 fully saturated rings. The van der Waals surface area contributed by atoms with Gasteiger partial charge in [-0.25, -0.2) is 4.79 Å². The number of nitrogens with zero attached hydrogens (tertiary/aromatic N) is 1. The standard InChI is InChI=1S/C10H17NO3/c1-8(9(12)13)3-5-11-6-4-10(2,14)7-11/h3,14H,4-7H2,1-2H3,(H,12,13). The van der Waals surface area contributed by atoms with E-state index in [1.165, 1.54) is 0 Å². The smallest absolute Gasteiger partial charge is 0.330 e. The molecule has 1 saturated heterocycles. The lowest BCUT2D eigenvalue weighted by atomic mass is 10.1. The van der Waals surface area contributed by atoms with Gasteiger partial charge in [0, 0.05) is 25.2 Å². The van der Waals surface area contributed by atoms with Gasteiger partial charge in [-0.2, -0.15) is 0 Å². The number of carboxylic acid groups (broad SMARTS) is 1. The zero-order valence-electron chi connectivity index (χ0n) is 8.66. The van der Waals surface area contributed by atoms with Crippen molar-refractivity contribution >= 4 is 5.97 Å². The second kappa shape index (κ2) is 4.11. The van der Waals surface area contributed by atoms with Crippen LogP contribution in [0.2, 0.25) is 0 Å². The zero-order valence-corrected chi connectivity index (χ0v) is 8.66. The Morgan fingerprint density at radius 1 is 1.64 bits per heavy atom. The van der Waals surface area contributed by atoms with E-state index in [1.807, 2.05) is 4.90 Å². The minimum Gasteiger partial charge on any atom is -0.478 e. The molecule has 0 bridgehead atoms. The Hall–Kier alpha value is -0.870. The molecule has 0 saturated carbocycles. The Bertz CT molecular complexity index is 258. The molecule has 1 aliphatic rings. The maximum atomic E-state index is 10.5. The number of β-amino-alcohol motifs (C(OH)–C–C–N with tert-alkyl or cyclic N) is 1. The summed E-state index contributed by atoms with van der Waals surface area (Å²) >= 11 is 0. The molecule has 1 heterocycles. The molecule has 14 heavy (non-hydrogen) atoms. The quantitative estimate of drug-likeness (QED) is 0.649. The molecule has 4 heteroatoms. The third-order valence-corrected chi connectivity index (χ3v) is 2.52. The Morgan fingerprint density at radius 2 is 2.29 bits per heavy atom. The molecular formula is C10H17NO3. The summed E-state index contributed by atoms with van der Waals surface area (Å²) < 4.78 is 0. The third-order valence-electron chi connectivity index (χ3n) is 2.52. The van der Waals surface area contributed by atoms with Crippen LogP contribution in [0.1, 0.15) is 20.3 Å². The van der Waals surface area contributed by atoms with Gasteiger partial charge in [0.25, 0.3) is 0 Å². The van der Waals surface area contributed by atoms with Crippen LogP contribution in [0.5, 0.6) is 0 Å². The highest BCUT2D eigenvalue weighted by Gasteiger charge is 2.30. The highest BCUT2D eigenvalue weighted by molar-refractivity contribution is 5.85. The minimum atomic E-state index is -0.879. The SMILES string of the molecule is CC(=CCN1CCC(C)(O)C1)C(=O)O. The van der Waals surface area contributed by atoms with Crippen LogP contribution in [-0.4, -0.2) is 46.3 Å². The van der Waals surface area contributed by atoms with Gasteiger partial charge in [-0.05, 0) is 20.3 Å².